The maximum Gasteiger partial charge on any atom is 0.0551 e. The van der Waals surface area contributed by atoms with Gasteiger partial charge >= 0.3 is 0 Å². The topological polar surface area (TPSA) is 26.0 Å². The summed E-state index contributed by atoms with van der Waals surface area (Å²) in [5.41, 5.74) is 13.0. The Kier molecular flexibility index (Phi) is 3.62. The molecule has 0 spiro atoms. The van der Waals surface area contributed by atoms with E-state index in [1.165, 1.54) is 47.1 Å². The quantitative estimate of drug-likeness (QED) is 0.861. The molecule has 1 aliphatic rings. The van der Waals surface area contributed by atoms with Crippen molar-refractivity contribution in [1.29, 1.82) is 0 Å². The van der Waals surface area contributed by atoms with E-state index in [1.807, 2.05) is 0 Å². The van der Waals surface area contributed by atoms with E-state index in [1.54, 1.807) is 0 Å². The lowest BCUT2D eigenvalue weighted by atomic mass is 9.79. The molecule has 0 bridgehead atoms. The van der Waals surface area contributed by atoms with Crippen molar-refractivity contribution in [3.05, 3.63) is 70.3 Å². The highest BCUT2D eigenvalue weighted by Crippen LogP contribution is 2.37. The molecule has 1 unspecified atom stereocenters. The number of hydrogen-bond donors (Lipinski definition) is 1. The molecule has 0 radical (unpaired) electrons. The Balaban J connectivity index is 1.91. The molecule has 3 rings (SSSR count). The van der Waals surface area contributed by atoms with Crippen LogP contribution in [0.5, 0.6) is 0 Å². The van der Waals surface area contributed by atoms with Crippen LogP contribution in [0.15, 0.2) is 42.5 Å². The van der Waals surface area contributed by atoms with Gasteiger partial charge in [0, 0.05) is 0 Å². The Labute approximate surface area is 121 Å². The maximum absolute atomic E-state index is 6.48. The van der Waals surface area contributed by atoms with Crippen LogP contribution in [0.2, 0.25) is 0 Å². The minimum absolute atomic E-state index is 0.0198. The summed E-state index contributed by atoms with van der Waals surface area (Å²) in [4.78, 5) is 0. The minimum Gasteiger partial charge on any atom is -0.320 e. The molecule has 0 heterocycles. The summed E-state index contributed by atoms with van der Waals surface area (Å²) in [6, 6.07) is 15.5. The SMILES string of the molecule is Cc1cc(C)cc(C(N)c2cccc(C3CCC3)c2)c1. The third-order valence-corrected chi connectivity index (χ3v) is 4.45. The number of hydrogen-bond acceptors (Lipinski definition) is 1. The average Bonchev–Trinajstić information content (AvgIpc) is 2.35. The largest absolute Gasteiger partial charge is 0.320 e. The molecule has 1 nitrogen and oxygen atoms in total. The molecule has 1 aliphatic carbocycles. The van der Waals surface area contributed by atoms with Crippen LogP contribution in [0.4, 0.5) is 0 Å². The molecular weight excluding hydrogens is 242 g/mol. The van der Waals surface area contributed by atoms with E-state index in [0.29, 0.717) is 0 Å². The zero-order chi connectivity index (χ0) is 14.1. The molecule has 104 valence electrons. The molecule has 2 aromatic rings. The summed E-state index contributed by atoms with van der Waals surface area (Å²) >= 11 is 0. The summed E-state index contributed by atoms with van der Waals surface area (Å²) in [7, 11) is 0. The molecule has 0 aromatic heterocycles. The number of aryl methyl sites for hydroxylation is 2. The van der Waals surface area contributed by atoms with Crippen LogP contribution in [-0.2, 0) is 0 Å². The van der Waals surface area contributed by atoms with Crippen molar-refractivity contribution < 1.29 is 0 Å². The first kappa shape index (κ1) is 13.4. The van der Waals surface area contributed by atoms with Crippen molar-refractivity contribution in [3.8, 4) is 0 Å². The molecule has 2 N–H and O–H groups in total. The maximum atomic E-state index is 6.48. The second-order valence-corrected chi connectivity index (χ2v) is 6.20. The highest BCUT2D eigenvalue weighted by atomic mass is 14.6. The molecule has 1 fully saturated rings. The summed E-state index contributed by atoms with van der Waals surface area (Å²) in [5, 5.41) is 0. The molecule has 1 atom stereocenters. The fourth-order valence-corrected chi connectivity index (χ4v) is 3.13. The molecule has 0 amide bonds. The Hall–Kier alpha value is -1.60. The fourth-order valence-electron chi connectivity index (χ4n) is 3.13. The first-order valence-corrected chi connectivity index (χ1v) is 7.57. The van der Waals surface area contributed by atoms with Gasteiger partial charge in [-0.3, -0.25) is 0 Å². The van der Waals surface area contributed by atoms with Crippen molar-refractivity contribution in [3.63, 3.8) is 0 Å². The van der Waals surface area contributed by atoms with Crippen LogP contribution in [0, 0.1) is 13.8 Å². The lowest BCUT2D eigenvalue weighted by Crippen LogP contribution is -2.14. The molecular formula is C19H23N. The lowest BCUT2D eigenvalue weighted by molar-refractivity contribution is 0.419. The number of nitrogens with two attached hydrogens (primary N) is 1. The van der Waals surface area contributed by atoms with E-state index in [0.717, 1.165) is 5.92 Å². The Bertz CT molecular complexity index is 591. The lowest BCUT2D eigenvalue weighted by Gasteiger charge is -2.26. The standard InChI is InChI=1S/C19H23N/c1-13-9-14(2)11-18(10-13)19(20)17-8-4-7-16(12-17)15-5-3-6-15/h4,7-12,15,19H,3,5-6,20H2,1-2H3. The molecule has 1 saturated carbocycles. The van der Waals surface area contributed by atoms with Crippen LogP contribution < -0.4 is 5.73 Å². The minimum atomic E-state index is -0.0198. The fraction of sp³-hybridized carbons (Fsp3) is 0.368. The van der Waals surface area contributed by atoms with E-state index in [9.17, 15) is 0 Å². The van der Waals surface area contributed by atoms with Crippen molar-refractivity contribution in [2.75, 3.05) is 0 Å². The second kappa shape index (κ2) is 5.41. The first-order valence-electron chi connectivity index (χ1n) is 7.57. The van der Waals surface area contributed by atoms with Gasteiger partial charge in [-0.05, 0) is 49.3 Å². The van der Waals surface area contributed by atoms with Crippen molar-refractivity contribution >= 4 is 0 Å². The van der Waals surface area contributed by atoms with E-state index < -0.39 is 0 Å². The van der Waals surface area contributed by atoms with E-state index >= 15 is 0 Å². The van der Waals surface area contributed by atoms with Gasteiger partial charge in [0.15, 0.2) is 0 Å². The van der Waals surface area contributed by atoms with Gasteiger partial charge in [0.25, 0.3) is 0 Å². The van der Waals surface area contributed by atoms with Gasteiger partial charge in [0.2, 0.25) is 0 Å². The smallest absolute Gasteiger partial charge is 0.0551 e. The zero-order valence-electron chi connectivity index (χ0n) is 12.4. The predicted octanol–water partition coefficient (Wildman–Crippen LogP) is 4.62. The Morgan fingerprint density at radius 3 is 2.25 bits per heavy atom. The highest BCUT2D eigenvalue weighted by Gasteiger charge is 2.20. The van der Waals surface area contributed by atoms with Gasteiger partial charge in [0.05, 0.1) is 6.04 Å². The van der Waals surface area contributed by atoms with Crippen LogP contribution in [0.3, 0.4) is 0 Å². The van der Waals surface area contributed by atoms with Gasteiger partial charge in [-0.15, -0.1) is 0 Å². The molecule has 0 saturated heterocycles. The van der Waals surface area contributed by atoms with Gasteiger partial charge in [-0.2, -0.15) is 0 Å². The van der Waals surface area contributed by atoms with E-state index in [4.69, 9.17) is 5.73 Å². The zero-order valence-corrected chi connectivity index (χ0v) is 12.4. The molecule has 2 aromatic carbocycles. The summed E-state index contributed by atoms with van der Waals surface area (Å²) < 4.78 is 0. The summed E-state index contributed by atoms with van der Waals surface area (Å²) in [6.45, 7) is 4.27. The van der Waals surface area contributed by atoms with Crippen molar-refractivity contribution in [1.82, 2.24) is 0 Å². The number of benzene rings is 2. The predicted molar refractivity (Wildman–Crippen MR) is 85.0 cm³/mol. The normalized spacial score (nSPS) is 16.8. The van der Waals surface area contributed by atoms with Gasteiger partial charge < -0.3 is 5.73 Å². The van der Waals surface area contributed by atoms with E-state index in [-0.39, 0.29) is 6.04 Å². The first-order chi connectivity index (χ1) is 9.63. The van der Waals surface area contributed by atoms with Gasteiger partial charge in [0.1, 0.15) is 0 Å². The monoisotopic (exact) mass is 265 g/mol. The molecule has 20 heavy (non-hydrogen) atoms. The van der Waals surface area contributed by atoms with Crippen LogP contribution in [0.25, 0.3) is 0 Å². The summed E-state index contributed by atoms with van der Waals surface area (Å²) in [6.07, 6.45) is 4.04. The van der Waals surface area contributed by atoms with Crippen LogP contribution in [-0.4, -0.2) is 0 Å². The van der Waals surface area contributed by atoms with Gasteiger partial charge in [-0.25, -0.2) is 0 Å². The van der Waals surface area contributed by atoms with Crippen LogP contribution >= 0.6 is 0 Å². The Morgan fingerprint density at radius 1 is 0.950 bits per heavy atom. The van der Waals surface area contributed by atoms with Crippen molar-refractivity contribution in [2.45, 2.75) is 45.1 Å². The Morgan fingerprint density at radius 2 is 1.65 bits per heavy atom. The summed E-state index contributed by atoms with van der Waals surface area (Å²) in [5.74, 6) is 0.765. The third kappa shape index (κ3) is 2.64. The molecule has 1 heteroatoms. The van der Waals surface area contributed by atoms with Gasteiger partial charge in [-0.1, -0.05) is 60.0 Å². The van der Waals surface area contributed by atoms with Crippen molar-refractivity contribution in [2.24, 2.45) is 5.73 Å². The van der Waals surface area contributed by atoms with Crippen LogP contribution in [0.1, 0.15) is 59.0 Å². The number of rotatable bonds is 3. The van der Waals surface area contributed by atoms with E-state index in [2.05, 4.69) is 56.3 Å². The third-order valence-electron chi connectivity index (χ3n) is 4.45. The second-order valence-electron chi connectivity index (χ2n) is 6.20. The molecule has 0 aliphatic heterocycles. The average molecular weight is 265 g/mol. The highest BCUT2D eigenvalue weighted by molar-refractivity contribution is 5.38.